The Morgan fingerprint density at radius 3 is 2.45 bits per heavy atom. The predicted octanol–water partition coefficient (Wildman–Crippen LogP) is 2.64. The molecule has 1 N–H and O–H groups in total. The average molecular weight is 297 g/mol. The minimum absolute atomic E-state index is 0.0646. The Labute approximate surface area is 126 Å². The van der Waals surface area contributed by atoms with Crippen LogP contribution in [0, 0.1) is 5.92 Å². The van der Waals surface area contributed by atoms with Gasteiger partial charge in [-0.1, -0.05) is 25.2 Å². The highest BCUT2D eigenvalue weighted by molar-refractivity contribution is 7.83. The van der Waals surface area contributed by atoms with Gasteiger partial charge in [0, 0.05) is 11.6 Å². The average Bonchev–Trinajstić information content (AvgIpc) is 2.42. The second kappa shape index (κ2) is 10.3. The SMILES string of the molecule is C\C=C(/C=C\C=C\S)N[C@@H](C(=O)OCC)[C@H](C)C(C)=O. The van der Waals surface area contributed by atoms with E-state index in [1.165, 1.54) is 6.92 Å². The molecule has 0 unspecified atom stereocenters. The number of hydrogen-bond acceptors (Lipinski definition) is 5. The van der Waals surface area contributed by atoms with E-state index >= 15 is 0 Å². The standard InChI is InChI=1S/C15H23NO3S/c1-5-13(9-7-8-10-20)16-14(11(3)12(4)17)15(18)19-6-2/h5,7-11,14,16,20H,6H2,1-4H3/b9-7-,10-8+,13-5+/t11-,14-/m1/s1. The van der Waals surface area contributed by atoms with Crippen molar-refractivity contribution in [2.45, 2.75) is 33.7 Å². The van der Waals surface area contributed by atoms with E-state index in [9.17, 15) is 9.59 Å². The van der Waals surface area contributed by atoms with Crippen LogP contribution < -0.4 is 5.32 Å². The minimum atomic E-state index is -0.691. The maximum absolute atomic E-state index is 12.0. The Morgan fingerprint density at radius 1 is 1.35 bits per heavy atom. The summed E-state index contributed by atoms with van der Waals surface area (Å²) in [4.78, 5) is 23.5. The van der Waals surface area contributed by atoms with Gasteiger partial charge in [0.15, 0.2) is 0 Å². The van der Waals surface area contributed by atoms with Crippen molar-refractivity contribution in [3.05, 3.63) is 35.4 Å². The molecule has 0 aliphatic carbocycles. The van der Waals surface area contributed by atoms with E-state index in [-0.39, 0.29) is 12.4 Å². The van der Waals surface area contributed by atoms with Gasteiger partial charge in [-0.2, -0.15) is 12.6 Å². The second-order valence-electron chi connectivity index (χ2n) is 4.22. The summed E-state index contributed by atoms with van der Waals surface area (Å²) in [5, 5.41) is 4.65. The molecule has 0 aromatic carbocycles. The lowest BCUT2D eigenvalue weighted by molar-refractivity contribution is -0.148. The molecule has 4 nitrogen and oxygen atoms in total. The van der Waals surface area contributed by atoms with Crippen LogP contribution in [-0.2, 0) is 14.3 Å². The molecule has 0 amide bonds. The van der Waals surface area contributed by atoms with Crippen LogP contribution in [0.1, 0.15) is 27.7 Å². The van der Waals surface area contributed by atoms with E-state index in [0.29, 0.717) is 0 Å². The third-order valence-corrected chi connectivity index (χ3v) is 2.96. The van der Waals surface area contributed by atoms with Crippen molar-refractivity contribution in [2.24, 2.45) is 5.92 Å². The molecule has 0 aliphatic heterocycles. The Morgan fingerprint density at radius 2 is 2.00 bits per heavy atom. The van der Waals surface area contributed by atoms with E-state index in [1.807, 2.05) is 13.0 Å². The lowest BCUT2D eigenvalue weighted by atomic mass is 9.97. The summed E-state index contributed by atoms with van der Waals surface area (Å²) in [6, 6.07) is -0.691. The first kappa shape index (κ1) is 18.5. The zero-order valence-corrected chi connectivity index (χ0v) is 13.3. The van der Waals surface area contributed by atoms with Gasteiger partial charge in [0.2, 0.25) is 0 Å². The van der Waals surface area contributed by atoms with Crippen LogP contribution in [0.3, 0.4) is 0 Å². The molecule has 0 aromatic heterocycles. The maximum Gasteiger partial charge on any atom is 0.329 e. The Kier molecular flexibility index (Phi) is 9.55. The number of allylic oxidation sites excluding steroid dienone is 4. The van der Waals surface area contributed by atoms with Crippen molar-refractivity contribution in [1.29, 1.82) is 0 Å². The van der Waals surface area contributed by atoms with Crippen LogP contribution >= 0.6 is 12.6 Å². The number of Topliss-reactive ketones (excluding diaryl/α,β-unsaturated/α-hetero) is 1. The third-order valence-electron chi connectivity index (χ3n) is 2.79. The maximum atomic E-state index is 12.0. The van der Waals surface area contributed by atoms with Gasteiger partial charge in [0.05, 0.1) is 6.61 Å². The summed E-state index contributed by atoms with van der Waals surface area (Å²) in [7, 11) is 0. The molecular formula is C15H23NO3S. The smallest absolute Gasteiger partial charge is 0.329 e. The first-order valence-corrected chi connectivity index (χ1v) is 7.06. The molecule has 5 heteroatoms. The third kappa shape index (κ3) is 6.61. The molecule has 0 radical (unpaired) electrons. The van der Waals surface area contributed by atoms with Gasteiger partial charge in [0.1, 0.15) is 11.8 Å². The second-order valence-corrected chi connectivity index (χ2v) is 4.52. The minimum Gasteiger partial charge on any atom is -0.464 e. The zero-order chi connectivity index (χ0) is 15.5. The van der Waals surface area contributed by atoms with E-state index in [0.717, 1.165) is 5.70 Å². The van der Waals surface area contributed by atoms with Crippen LogP contribution in [0.2, 0.25) is 0 Å². The largest absolute Gasteiger partial charge is 0.464 e. The molecule has 112 valence electrons. The van der Waals surface area contributed by atoms with Gasteiger partial charge in [-0.3, -0.25) is 4.79 Å². The quantitative estimate of drug-likeness (QED) is 0.411. The van der Waals surface area contributed by atoms with Gasteiger partial charge in [-0.15, -0.1) is 0 Å². The first-order chi connectivity index (χ1) is 9.47. The van der Waals surface area contributed by atoms with Crippen LogP contribution in [-0.4, -0.2) is 24.4 Å². The first-order valence-electron chi connectivity index (χ1n) is 6.55. The summed E-state index contributed by atoms with van der Waals surface area (Å²) in [6.45, 7) is 7.04. The molecule has 0 rings (SSSR count). The Bertz CT molecular complexity index is 413. The van der Waals surface area contributed by atoms with Crippen molar-refractivity contribution >= 4 is 24.4 Å². The van der Waals surface area contributed by atoms with Crippen molar-refractivity contribution in [3.8, 4) is 0 Å². The highest BCUT2D eigenvalue weighted by Crippen LogP contribution is 2.10. The van der Waals surface area contributed by atoms with E-state index in [1.54, 1.807) is 37.5 Å². The molecule has 0 spiro atoms. The van der Waals surface area contributed by atoms with Crippen molar-refractivity contribution in [2.75, 3.05) is 6.61 Å². The summed E-state index contributed by atoms with van der Waals surface area (Å²) in [6.07, 6.45) is 7.16. The topological polar surface area (TPSA) is 55.4 Å². The number of thiol groups is 1. The molecule has 0 saturated heterocycles. The zero-order valence-electron chi connectivity index (χ0n) is 12.4. The molecule has 0 bridgehead atoms. The highest BCUT2D eigenvalue weighted by atomic mass is 32.1. The van der Waals surface area contributed by atoms with Gasteiger partial charge < -0.3 is 10.1 Å². The summed E-state index contributed by atoms with van der Waals surface area (Å²) in [5.41, 5.74) is 0.739. The van der Waals surface area contributed by atoms with Gasteiger partial charge in [0.25, 0.3) is 0 Å². The summed E-state index contributed by atoms with van der Waals surface area (Å²) in [5.74, 6) is -0.948. The molecule has 0 aliphatic rings. The lowest BCUT2D eigenvalue weighted by Gasteiger charge is -2.23. The molecule has 0 saturated carbocycles. The van der Waals surface area contributed by atoms with E-state index < -0.39 is 17.9 Å². The fourth-order valence-corrected chi connectivity index (χ4v) is 1.57. The number of hydrogen-bond donors (Lipinski definition) is 2. The summed E-state index contributed by atoms with van der Waals surface area (Å²) < 4.78 is 5.02. The van der Waals surface area contributed by atoms with Crippen LogP contribution in [0.15, 0.2) is 35.4 Å². The lowest BCUT2D eigenvalue weighted by Crippen LogP contribution is -2.44. The Balaban J connectivity index is 5.04. The molecule has 0 heterocycles. The number of carbonyl (C=O) groups is 2. The van der Waals surface area contributed by atoms with Crippen LogP contribution in [0.25, 0.3) is 0 Å². The number of esters is 1. The highest BCUT2D eigenvalue weighted by Gasteiger charge is 2.29. The van der Waals surface area contributed by atoms with E-state index in [2.05, 4.69) is 17.9 Å². The molecular weight excluding hydrogens is 274 g/mol. The Hall–Kier alpha value is -1.49. The van der Waals surface area contributed by atoms with Crippen LogP contribution in [0.4, 0.5) is 0 Å². The number of ether oxygens (including phenoxy) is 1. The number of rotatable bonds is 8. The van der Waals surface area contributed by atoms with Crippen molar-refractivity contribution in [3.63, 3.8) is 0 Å². The van der Waals surface area contributed by atoms with E-state index in [4.69, 9.17) is 4.74 Å². The normalized spacial score (nSPS) is 15.3. The van der Waals surface area contributed by atoms with Crippen molar-refractivity contribution < 1.29 is 14.3 Å². The van der Waals surface area contributed by atoms with Gasteiger partial charge in [-0.25, -0.2) is 4.79 Å². The fraction of sp³-hybridized carbons (Fsp3) is 0.467. The number of ketones is 1. The number of carbonyl (C=O) groups excluding carboxylic acids is 2. The van der Waals surface area contributed by atoms with Gasteiger partial charge in [-0.05, 0) is 32.3 Å². The molecule has 2 atom stereocenters. The summed E-state index contributed by atoms with van der Waals surface area (Å²) >= 11 is 3.95. The molecule has 0 aromatic rings. The number of nitrogens with one attached hydrogen (secondary N) is 1. The van der Waals surface area contributed by atoms with Crippen LogP contribution in [0.5, 0.6) is 0 Å². The fourth-order valence-electron chi connectivity index (χ4n) is 1.47. The van der Waals surface area contributed by atoms with Gasteiger partial charge >= 0.3 is 5.97 Å². The molecule has 0 fully saturated rings. The monoisotopic (exact) mass is 297 g/mol. The van der Waals surface area contributed by atoms with Crippen molar-refractivity contribution in [1.82, 2.24) is 5.32 Å². The molecule has 20 heavy (non-hydrogen) atoms. The predicted molar refractivity (Wildman–Crippen MR) is 84.4 cm³/mol.